The highest BCUT2D eigenvalue weighted by atomic mass is 16.5. The van der Waals surface area contributed by atoms with Gasteiger partial charge in [-0.15, -0.1) is 0 Å². The van der Waals surface area contributed by atoms with Crippen LogP contribution in [-0.2, 0) is 4.74 Å². The van der Waals surface area contributed by atoms with Gasteiger partial charge in [0.05, 0.1) is 12.1 Å². The Morgan fingerprint density at radius 1 is 1.26 bits per heavy atom. The van der Waals surface area contributed by atoms with E-state index in [1.165, 1.54) is 5.39 Å². The molecule has 3 nitrogen and oxygen atoms in total. The largest absolute Gasteiger partial charge is 0.377 e. The second kappa shape index (κ2) is 6.64. The molecule has 3 heteroatoms. The van der Waals surface area contributed by atoms with Crippen LogP contribution in [0.1, 0.15) is 38.3 Å². The van der Waals surface area contributed by atoms with Gasteiger partial charge in [0.2, 0.25) is 0 Å². The van der Waals surface area contributed by atoms with Crippen molar-refractivity contribution in [1.29, 1.82) is 0 Å². The Balaban J connectivity index is 2.36. The fraction of sp³-hybridized carbons (Fsp3) is 0.438. The third kappa shape index (κ3) is 3.11. The minimum Gasteiger partial charge on any atom is -0.377 e. The predicted molar refractivity (Wildman–Crippen MR) is 79.0 cm³/mol. The van der Waals surface area contributed by atoms with Gasteiger partial charge >= 0.3 is 0 Å². The van der Waals surface area contributed by atoms with E-state index in [2.05, 4.69) is 24.0 Å². The van der Waals surface area contributed by atoms with Crippen LogP contribution >= 0.6 is 0 Å². The molecule has 2 atom stereocenters. The van der Waals surface area contributed by atoms with Crippen LogP contribution in [-0.4, -0.2) is 17.7 Å². The highest BCUT2D eigenvalue weighted by Crippen LogP contribution is 2.27. The fourth-order valence-corrected chi connectivity index (χ4v) is 2.50. The molecule has 0 saturated heterocycles. The van der Waals surface area contributed by atoms with E-state index in [9.17, 15) is 0 Å². The lowest BCUT2D eigenvalue weighted by molar-refractivity contribution is 0.0377. The Hall–Kier alpha value is -1.45. The first-order valence-electron chi connectivity index (χ1n) is 6.97. The summed E-state index contributed by atoms with van der Waals surface area (Å²) in [5.41, 5.74) is 7.58. The molecular weight excluding hydrogens is 236 g/mol. The number of benzene rings is 1. The van der Waals surface area contributed by atoms with E-state index in [-0.39, 0.29) is 12.1 Å². The average molecular weight is 258 g/mol. The summed E-state index contributed by atoms with van der Waals surface area (Å²) in [4.78, 5) is 4.16. The molecule has 2 rings (SSSR count). The Morgan fingerprint density at radius 2 is 2.11 bits per heavy atom. The zero-order valence-electron chi connectivity index (χ0n) is 11.7. The molecule has 0 amide bonds. The lowest BCUT2D eigenvalue weighted by Crippen LogP contribution is -2.29. The third-order valence-corrected chi connectivity index (χ3v) is 3.43. The SMILES string of the molecule is CCCC(OCC)C(N)c1cccc2cnccc12. The smallest absolute Gasteiger partial charge is 0.0767 e. The lowest BCUT2D eigenvalue weighted by atomic mass is 9.95. The van der Waals surface area contributed by atoms with Gasteiger partial charge in [-0.2, -0.15) is 0 Å². The van der Waals surface area contributed by atoms with Gasteiger partial charge in [-0.05, 0) is 30.4 Å². The molecule has 1 heterocycles. The van der Waals surface area contributed by atoms with Crippen LogP contribution in [0.15, 0.2) is 36.7 Å². The summed E-state index contributed by atoms with van der Waals surface area (Å²) in [6, 6.07) is 8.13. The van der Waals surface area contributed by atoms with Crippen molar-refractivity contribution < 1.29 is 4.74 Å². The predicted octanol–water partition coefficient (Wildman–Crippen LogP) is 3.44. The van der Waals surface area contributed by atoms with Gasteiger partial charge < -0.3 is 10.5 Å². The van der Waals surface area contributed by atoms with E-state index < -0.39 is 0 Å². The molecular formula is C16H22N2O. The Kier molecular flexibility index (Phi) is 4.88. The van der Waals surface area contributed by atoms with Crippen molar-refractivity contribution in [3.63, 3.8) is 0 Å². The van der Waals surface area contributed by atoms with Gasteiger partial charge in [0.1, 0.15) is 0 Å². The maximum atomic E-state index is 6.43. The summed E-state index contributed by atoms with van der Waals surface area (Å²) in [5.74, 6) is 0. The van der Waals surface area contributed by atoms with Crippen molar-refractivity contribution in [1.82, 2.24) is 4.98 Å². The Bertz CT molecular complexity index is 516. The van der Waals surface area contributed by atoms with Crippen LogP contribution in [0.5, 0.6) is 0 Å². The van der Waals surface area contributed by atoms with Crippen LogP contribution < -0.4 is 5.73 Å². The van der Waals surface area contributed by atoms with Gasteiger partial charge in [-0.25, -0.2) is 0 Å². The topological polar surface area (TPSA) is 48.1 Å². The van der Waals surface area contributed by atoms with Crippen molar-refractivity contribution in [3.8, 4) is 0 Å². The summed E-state index contributed by atoms with van der Waals surface area (Å²) in [5, 5.41) is 2.30. The van der Waals surface area contributed by atoms with Crippen LogP contribution in [0, 0.1) is 0 Å². The normalized spacial score (nSPS) is 14.5. The Labute approximate surface area is 114 Å². The molecule has 0 aliphatic rings. The van der Waals surface area contributed by atoms with Crippen LogP contribution in [0.2, 0.25) is 0 Å². The van der Waals surface area contributed by atoms with Gasteiger partial charge in [0, 0.05) is 24.4 Å². The van der Waals surface area contributed by atoms with E-state index in [0.717, 1.165) is 23.8 Å². The zero-order valence-corrected chi connectivity index (χ0v) is 11.7. The fourth-order valence-electron chi connectivity index (χ4n) is 2.50. The van der Waals surface area contributed by atoms with E-state index in [4.69, 9.17) is 10.5 Å². The second-order valence-corrected chi connectivity index (χ2v) is 4.75. The summed E-state index contributed by atoms with van der Waals surface area (Å²) in [6.07, 6.45) is 5.82. The monoisotopic (exact) mass is 258 g/mol. The third-order valence-electron chi connectivity index (χ3n) is 3.43. The highest BCUT2D eigenvalue weighted by molar-refractivity contribution is 5.85. The minimum absolute atomic E-state index is 0.0776. The van der Waals surface area contributed by atoms with Crippen molar-refractivity contribution in [2.75, 3.05) is 6.61 Å². The average Bonchev–Trinajstić information content (AvgIpc) is 2.46. The quantitative estimate of drug-likeness (QED) is 0.863. The van der Waals surface area contributed by atoms with Crippen LogP contribution in [0.25, 0.3) is 10.8 Å². The van der Waals surface area contributed by atoms with Crippen molar-refractivity contribution in [2.24, 2.45) is 5.73 Å². The molecule has 0 radical (unpaired) electrons. The van der Waals surface area contributed by atoms with Crippen LogP contribution in [0.3, 0.4) is 0 Å². The van der Waals surface area contributed by atoms with E-state index >= 15 is 0 Å². The number of ether oxygens (including phenoxy) is 1. The number of rotatable bonds is 6. The molecule has 0 aliphatic heterocycles. The highest BCUT2D eigenvalue weighted by Gasteiger charge is 2.20. The molecule has 102 valence electrons. The molecule has 0 saturated carbocycles. The van der Waals surface area contributed by atoms with E-state index in [0.29, 0.717) is 6.61 Å². The van der Waals surface area contributed by atoms with Gasteiger partial charge in [-0.1, -0.05) is 31.5 Å². The zero-order chi connectivity index (χ0) is 13.7. The number of fused-ring (bicyclic) bond motifs is 1. The maximum absolute atomic E-state index is 6.43. The first-order chi connectivity index (χ1) is 9.27. The van der Waals surface area contributed by atoms with Crippen molar-refractivity contribution in [3.05, 3.63) is 42.2 Å². The molecule has 2 unspecified atom stereocenters. The second-order valence-electron chi connectivity index (χ2n) is 4.75. The first kappa shape index (κ1) is 14.0. The van der Waals surface area contributed by atoms with E-state index in [1.807, 2.05) is 31.5 Å². The number of hydrogen-bond donors (Lipinski definition) is 1. The summed E-state index contributed by atoms with van der Waals surface area (Å²) in [6.45, 7) is 4.87. The van der Waals surface area contributed by atoms with Crippen molar-refractivity contribution >= 4 is 10.8 Å². The van der Waals surface area contributed by atoms with Crippen LogP contribution in [0.4, 0.5) is 0 Å². The molecule has 19 heavy (non-hydrogen) atoms. The number of pyridine rings is 1. The standard InChI is InChI=1S/C16H22N2O/c1-3-6-15(19-4-2)16(17)14-8-5-7-12-11-18-10-9-13(12)14/h5,7-11,15-16H,3-4,6,17H2,1-2H3. The van der Waals surface area contributed by atoms with Crippen molar-refractivity contribution in [2.45, 2.75) is 38.8 Å². The molecule has 0 spiro atoms. The molecule has 1 aromatic carbocycles. The number of aromatic nitrogens is 1. The number of nitrogens with two attached hydrogens (primary N) is 1. The maximum Gasteiger partial charge on any atom is 0.0767 e. The lowest BCUT2D eigenvalue weighted by Gasteiger charge is -2.24. The minimum atomic E-state index is -0.0917. The van der Waals surface area contributed by atoms with Gasteiger partial charge in [0.15, 0.2) is 0 Å². The number of nitrogens with zero attached hydrogens (tertiary/aromatic N) is 1. The molecule has 0 fully saturated rings. The first-order valence-corrected chi connectivity index (χ1v) is 6.97. The molecule has 0 aliphatic carbocycles. The molecule has 2 N–H and O–H groups in total. The molecule has 2 aromatic rings. The molecule has 1 aromatic heterocycles. The Morgan fingerprint density at radius 3 is 2.84 bits per heavy atom. The summed E-state index contributed by atoms with van der Waals surface area (Å²) < 4.78 is 5.81. The number of hydrogen-bond acceptors (Lipinski definition) is 3. The summed E-state index contributed by atoms with van der Waals surface area (Å²) in [7, 11) is 0. The van der Waals surface area contributed by atoms with Gasteiger partial charge in [0.25, 0.3) is 0 Å². The molecule has 0 bridgehead atoms. The van der Waals surface area contributed by atoms with E-state index in [1.54, 1.807) is 0 Å². The summed E-state index contributed by atoms with van der Waals surface area (Å²) >= 11 is 0. The van der Waals surface area contributed by atoms with Gasteiger partial charge in [-0.3, -0.25) is 4.98 Å².